The number of carbonyl (C=O) groups excluding carboxylic acids is 1. The van der Waals surface area contributed by atoms with E-state index in [1.165, 1.54) is 10.9 Å². The van der Waals surface area contributed by atoms with Crippen molar-refractivity contribution in [1.29, 1.82) is 0 Å². The van der Waals surface area contributed by atoms with Gasteiger partial charge in [-0.25, -0.2) is 0 Å². The maximum absolute atomic E-state index is 13.0. The molecule has 1 amide bonds. The second kappa shape index (κ2) is 9.14. The number of aryl methyl sites for hydroxylation is 1. The average Bonchev–Trinajstić information content (AvgIpc) is 3.39. The fraction of sp³-hybridized carbons (Fsp3) is 0.375. The minimum Gasteiger partial charge on any atom is -0.508 e. The van der Waals surface area contributed by atoms with Crippen molar-refractivity contribution in [2.75, 3.05) is 13.2 Å². The number of hydrogen-bond donors (Lipinski definition) is 2. The fourth-order valence-electron chi connectivity index (χ4n) is 4.07. The molecule has 1 unspecified atom stereocenters. The van der Waals surface area contributed by atoms with Crippen LogP contribution >= 0.6 is 0 Å². The standard InChI is InChI=1S/C24H28N2O3/c27-23-12-4-1-7-19(23)16-26(17-20-9-6-14-29-20)24(28)13-5-8-18-15-25-22-11-3-2-10-21(18)22/h1-4,7,10-12,15,20,25,27H,5-6,8-9,13-14,16-17H2. The van der Waals surface area contributed by atoms with Gasteiger partial charge in [-0.05, 0) is 43.4 Å². The minimum absolute atomic E-state index is 0.0958. The number of H-pyrrole nitrogens is 1. The summed E-state index contributed by atoms with van der Waals surface area (Å²) >= 11 is 0. The lowest BCUT2D eigenvalue weighted by Gasteiger charge is -2.26. The Kier molecular flexibility index (Phi) is 6.15. The zero-order valence-corrected chi connectivity index (χ0v) is 16.6. The topological polar surface area (TPSA) is 65.6 Å². The molecule has 0 radical (unpaired) electrons. The summed E-state index contributed by atoms with van der Waals surface area (Å²) in [6, 6.07) is 15.5. The van der Waals surface area contributed by atoms with Crippen LogP contribution in [0, 0.1) is 0 Å². The number of aromatic amines is 1. The van der Waals surface area contributed by atoms with Crippen molar-refractivity contribution < 1.29 is 14.6 Å². The Morgan fingerprint density at radius 3 is 2.79 bits per heavy atom. The monoisotopic (exact) mass is 392 g/mol. The van der Waals surface area contributed by atoms with Crippen LogP contribution in [0.25, 0.3) is 10.9 Å². The number of carbonyl (C=O) groups is 1. The van der Waals surface area contributed by atoms with Crippen LogP contribution in [-0.2, 0) is 22.5 Å². The molecule has 0 aliphatic carbocycles. The normalized spacial score (nSPS) is 16.3. The van der Waals surface area contributed by atoms with Crippen molar-refractivity contribution in [3.8, 4) is 5.75 Å². The van der Waals surface area contributed by atoms with Crippen LogP contribution < -0.4 is 0 Å². The Morgan fingerprint density at radius 2 is 1.97 bits per heavy atom. The van der Waals surface area contributed by atoms with Gasteiger partial charge in [0.15, 0.2) is 0 Å². The molecular formula is C24H28N2O3. The van der Waals surface area contributed by atoms with E-state index in [-0.39, 0.29) is 17.8 Å². The molecule has 2 N–H and O–H groups in total. The van der Waals surface area contributed by atoms with E-state index in [0.717, 1.165) is 43.4 Å². The van der Waals surface area contributed by atoms with E-state index in [2.05, 4.69) is 17.1 Å². The Hall–Kier alpha value is -2.79. The second-order valence-corrected chi connectivity index (χ2v) is 7.75. The van der Waals surface area contributed by atoms with Gasteiger partial charge in [-0.3, -0.25) is 4.79 Å². The summed E-state index contributed by atoms with van der Waals surface area (Å²) in [5, 5.41) is 11.4. The Balaban J connectivity index is 1.39. The number of benzene rings is 2. The fourth-order valence-corrected chi connectivity index (χ4v) is 4.07. The summed E-state index contributed by atoms with van der Waals surface area (Å²) < 4.78 is 5.75. The molecule has 0 bridgehead atoms. The summed E-state index contributed by atoms with van der Waals surface area (Å²) in [4.78, 5) is 18.2. The molecule has 1 aliphatic rings. The first-order valence-electron chi connectivity index (χ1n) is 10.4. The number of para-hydroxylation sites is 2. The molecule has 0 saturated carbocycles. The lowest BCUT2D eigenvalue weighted by atomic mass is 10.1. The summed E-state index contributed by atoms with van der Waals surface area (Å²) in [5.74, 6) is 0.347. The SMILES string of the molecule is O=C(CCCc1c[nH]c2ccccc12)N(Cc1ccccc1O)CC1CCCO1. The van der Waals surface area contributed by atoms with E-state index in [9.17, 15) is 9.90 Å². The summed E-state index contributed by atoms with van der Waals surface area (Å²) in [6.45, 7) is 1.77. The van der Waals surface area contributed by atoms with Gasteiger partial charge in [0.25, 0.3) is 0 Å². The van der Waals surface area contributed by atoms with Crippen molar-refractivity contribution >= 4 is 16.8 Å². The minimum atomic E-state index is 0.0958. The third-order valence-corrected chi connectivity index (χ3v) is 5.67. The number of ether oxygens (including phenoxy) is 1. The quantitative estimate of drug-likeness (QED) is 0.597. The van der Waals surface area contributed by atoms with Gasteiger partial charge < -0.3 is 19.7 Å². The number of aromatic nitrogens is 1. The Morgan fingerprint density at radius 1 is 1.14 bits per heavy atom. The van der Waals surface area contributed by atoms with E-state index < -0.39 is 0 Å². The highest BCUT2D eigenvalue weighted by atomic mass is 16.5. The van der Waals surface area contributed by atoms with E-state index in [0.29, 0.717) is 19.5 Å². The van der Waals surface area contributed by atoms with E-state index in [4.69, 9.17) is 4.74 Å². The number of amides is 1. The highest BCUT2D eigenvalue weighted by Gasteiger charge is 2.23. The molecule has 1 aromatic heterocycles. The Bertz CT molecular complexity index is 959. The molecule has 29 heavy (non-hydrogen) atoms. The van der Waals surface area contributed by atoms with Crippen molar-refractivity contribution in [3.63, 3.8) is 0 Å². The highest BCUT2D eigenvalue weighted by Crippen LogP contribution is 2.22. The number of hydrogen-bond acceptors (Lipinski definition) is 3. The lowest BCUT2D eigenvalue weighted by Crippen LogP contribution is -2.36. The molecule has 2 heterocycles. The summed E-state index contributed by atoms with van der Waals surface area (Å²) in [6.07, 6.45) is 6.31. The van der Waals surface area contributed by atoms with Crippen LogP contribution in [0.2, 0.25) is 0 Å². The van der Waals surface area contributed by atoms with Crippen molar-refractivity contribution in [1.82, 2.24) is 9.88 Å². The number of rotatable bonds is 8. The molecule has 1 aliphatic heterocycles. The number of phenols is 1. The number of phenolic OH excluding ortho intramolecular Hbond substituents is 1. The van der Waals surface area contributed by atoms with E-state index in [1.54, 1.807) is 12.1 Å². The van der Waals surface area contributed by atoms with E-state index in [1.807, 2.05) is 35.4 Å². The molecule has 152 valence electrons. The lowest BCUT2D eigenvalue weighted by molar-refractivity contribution is -0.133. The van der Waals surface area contributed by atoms with Crippen LogP contribution in [0.1, 0.15) is 36.8 Å². The largest absolute Gasteiger partial charge is 0.508 e. The first-order chi connectivity index (χ1) is 14.2. The number of fused-ring (bicyclic) bond motifs is 1. The maximum Gasteiger partial charge on any atom is 0.222 e. The van der Waals surface area contributed by atoms with Gasteiger partial charge in [-0.1, -0.05) is 36.4 Å². The summed E-state index contributed by atoms with van der Waals surface area (Å²) in [5.41, 5.74) is 3.16. The molecule has 1 fully saturated rings. The molecule has 2 aromatic carbocycles. The molecule has 0 spiro atoms. The van der Waals surface area contributed by atoms with E-state index >= 15 is 0 Å². The molecule has 5 nitrogen and oxygen atoms in total. The number of aromatic hydroxyl groups is 1. The van der Waals surface area contributed by atoms with Gasteiger partial charge in [0, 0.05) is 48.8 Å². The predicted octanol–water partition coefficient (Wildman–Crippen LogP) is 4.40. The number of nitrogens with one attached hydrogen (secondary N) is 1. The number of nitrogens with zero attached hydrogens (tertiary/aromatic N) is 1. The van der Waals surface area contributed by atoms with Crippen molar-refractivity contribution in [2.45, 2.75) is 44.8 Å². The van der Waals surface area contributed by atoms with Gasteiger partial charge >= 0.3 is 0 Å². The van der Waals surface area contributed by atoms with Gasteiger partial charge in [0.2, 0.25) is 5.91 Å². The molecule has 4 rings (SSSR count). The van der Waals surface area contributed by atoms with Crippen molar-refractivity contribution in [3.05, 3.63) is 65.9 Å². The highest BCUT2D eigenvalue weighted by molar-refractivity contribution is 5.83. The second-order valence-electron chi connectivity index (χ2n) is 7.75. The average molecular weight is 392 g/mol. The zero-order chi connectivity index (χ0) is 20.1. The van der Waals surface area contributed by atoms with Crippen LogP contribution in [-0.4, -0.2) is 40.2 Å². The van der Waals surface area contributed by atoms with Gasteiger partial charge in [0.1, 0.15) is 5.75 Å². The van der Waals surface area contributed by atoms with Gasteiger partial charge in [-0.2, -0.15) is 0 Å². The third kappa shape index (κ3) is 4.80. The molecular weight excluding hydrogens is 364 g/mol. The first kappa shape index (κ1) is 19.5. The molecule has 1 atom stereocenters. The smallest absolute Gasteiger partial charge is 0.222 e. The third-order valence-electron chi connectivity index (χ3n) is 5.67. The van der Waals surface area contributed by atoms with Crippen LogP contribution in [0.3, 0.4) is 0 Å². The van der Waals surface area contributed by atoms with Crippen LogP contribution in [0.15, 0.2) is 54.7 Å². The van der Waals surface area contributed by atoms with Gasteiger partial charge in [0.05, 0.1) is 6.10 Å². The van der Waals surface area contributed by atoms with Crippen molar-refractivity contribution in [2.24, 2.45) is 0 Å². The molecule has 3 aromatic rings. The first-order valence-corrected chi connectivity index (χ1v) is 10.4. The summed E-state index contributed by atoms with van der Waals surface area (Å²) in [7, 11) is 0. The molecule has 5 heteroatoms. The van der Waals surface area contributed by atoms with Crippen LogP contribution in [0.4, 0.5) is 0 Å². The Labute approximate surface area is 171 Å². The maximum atomic E-state index is 13.0. The zero-order valence-electron chi connectivity index (χ0n) is 16.6. The predicted molar refractivity (Wildman–Crippen MR) is 114 cm³/mol. The van der Waals surface area contributed by atoms with Gasteiger partial charge in [-0.15, -0.1) is 0 Å². The van der Waals surface area contributed by atoms with Crippen LogP contribution in [0.5, 0.6) is 5.75 Å². The molecule has 1 saturated heterocycles.